The maximum Gasteiger partial charge on any atom is 0.317 e. The van der Waals surface area contributed by atoms with E-state index in [1.165, 1.54) is 19.2 Å². The van der Waals surface area contributed by atoms with E-state index in [0.717, 1.165) is 32.4 Å². The molecule has 2 aliphatic heterocycles. The van der Waals surface area contributed by atoms with Gasteiger partial charge in [0.25, 0.3) is 5.91 Å². The number of halogens is 1. The Hall–Kier alpha value is -2.31. The van der Waals surface area contributed by atoms with Crippen LogP contribution >= 0.6 is 0 Å². The number of benzene rings is 1. The van der Waals surface area contributed by atoms with Gasteiger partial charge in [-0.1, -0.05) is 0 Å². The van der Waals surface area contributed by atoms with E-state index in [2.05, 4.69) is 5.32 Å². The highest BCUT2D eigenvalue weighted by molar-refractivity contribution is 5.94. The Labute approximate surface area is 153 Å². The third-order valence-electron chi connectivity index (χ3n) is 5.62. The van der Waals surface area contributed by atoms with Crippen molar-refractivity contribution in [1.82, 2.24) is 15.1 Å². The molecule has 26 heavy (non-hydrogen) atoms. The molecule has 2 aliphatic rings. The number of amides is 3. The number of methoxy groups -OCH3 is 1. The fraction of sp³-hybridized carbons (Fsp3) is 0.579. The number of hydrogen-bond donors (Lipinski definition) is 1. The van der Waals surface area contributed by atoms with Crippen molar-refractivity contribution in [3.05, 3.63) is 29.6 Å². The van der Waals surface area contributed by atoms with Crippen LogP contribution < -0.4 is 10.1 Å². The molecule has 7 heteroatoms. The van der Waals surface area contributed by atoms with Crippen LogP contribution in [-0.4, -0.2) is 62.1 Å². The van der Waals surface area contributed by atoms with E-state index in [0.29, 0.717) is 30.5 Å². The molecule has 1 aromatic rings. The lowest BCUT2D eigenvalue weighted by molar-refractivity contribution is 0.0776. The molecule has 0 spiro atoms. The lowest BCUT2D eigenvalue weighted by Gasteiger charge is -2.34. The van der Waals surface area contributed by atoms with Crippen molar-refractivity contribution >= 4 is 11.9 Å². The first-order valence-corrected chi connectivity index (χ1v) is 9.13. The number of ether oxygens (including phenoxy) is 1. The topological polar surface area (TPSA) is 61.9 Å². The van der Waals surface area contributed by atoms with Gasteiger partial charge in [0, 0.05) is 38.8 Å². The molecule has 2 saturated heterocycles. The van der Waals surface area contributed by atoms with Gasteiger partial charge in [0.15, 0.2) is 11.6 Å². The van der Waals surface area contributed by atoms with E-state index < -0.39 is 5.82 Å². The minimum Gasteiger partial charge on any atom is -0.494 e. The summed E-state index contributed by atoms with van der Waals surface area (Å²) in [5.41, 5.74) is 0.360. The molecule has 1 atom stereocenters. The summed E-state index contributed by atoms with van der Waals surface area (Å²) in [7, 11) is 3.05. The van der Waals surface area contributed by atoms with Crippen LogP contribution in [-0.2, 0) is 0 Å². The summed E-state index contributed by atoms with van der Waals surface area (Å²) in [4.78, 5) is 28.0. The van der Waals surface area contributed by atoms with Gasteiger partial charge < -0.3 is 19.9 Å². The van der Waals surface area contributed by atoms with Gasteiger partial charge in [-0.15, -0.1) is 0 Å². The van der Waals surface area contributed by atoms with Gasteiger partial charge in [0.2, 0.25) is 0 Å². The molecular weight excluding hydrogens is 337 g/mol. The standard InChI is InChI=1S/C19H26FN3O3/c1-21-19(25)22-8-5-13(6-9-22)15-7-10-23(12-15)18(24)14-3-4-17(26-2)16(20)11-14/h3-4,11,13,15H,5-10,12H2,1-2H3,(H,21,25). The van der Waals surface area contributed by atoms with E-state index in [1.54, 1.807) is 13.1 Å². The highest BCUT2D eigenvalue weighted by atomic mass is 19.1. The Morgan fingerprint density at radius 3 is 2.38 bits per heavy atom. The molecule has 2 fully saturated rings. The number of nitrogens with zero attached hydrogens (tertiary/aromatic N) is 2. The molecule has 1 N–H and O–H groups in total. The SMILES string of the molecule is CNC(=O)N1CCC(C2CCN(C(=O)c3ccc(OC)c(F)c3)C2)CC1. The molecule has 3 rings (SSSR count). The molecule has 0 aromatic heterocycles. The van der Waals surface area contributed by atoms with Crippen LogP contribution in [0.5, 0.6) is 5.75 Å². The minimum atomic E-state index is -0.518. The largest absolute Gasteiger partial charge is 0.494 e. The second-order valence-electron chi connectivity index (χ2n) is 7.03. The van der Waals surface area contributed by atoms with Gasteiger partial charge >= 0.3 is 6.03 Å². The van der Waals surface area contributed by atoms with Crippen LogP contribution in [0.25, 0.3) is 0 Å². The van der Waals surface area contributed by atoms with E-state index in [-0.39, 0.29) is 17.7 Å². The first-order valence-electron chi connectivity index (χ1n) is 9.13. The molecular formula is C19H26FN3O3. The van der Waals surface area contributed by atoms with Crippen LogP contribution in [0.15, 0.2) is 18.2 Å². The number of rotatable bonds is 3. The average Bonchev–Trinajstić information content (AvgIpc) is 3.17. The summed E-state index contributed by atoms with van der Waals surface area (Å²) in [5.74, 6) is 0.478. The normalized spacial score (nSPS) is 21.0. The van der Waals surface area contributed by atoms with Crippen molar-refractivity contribution < 1.29 is 18.7 Å². The van der Waals surface area contributed by atoms with Gasteiger partial charge in [-0.25, -0.2) is 9.18 Å². The predicted molar refractivity (Wildman–Crippen MR) is 95.7 cm³/mol. The molecule has 1 unspecified atom stereocenters. The van der Waals surface area contributed by atoms with Crippen LogP contribution in [0.1, 0.15) is 29.6 Å². The van der Waals surface area contributed by atoms with Crippen molar-refractivity contribution in [1.29, 1.82) is 0 Å². The van der Waals surface area contributed by atoms with Gasteiger partial charge in [0.05, 0.1) is 7.11 Å². The number of hydrogen-bond acceptors (Lipinski definition) is 3. The van der Waals surface area contributed by atoms with Gasteiger partial charge in [-0.2, -0.15) is 0 Å². The summed E-state index contributed by atoms with van der Waals surface area (Å²) in [6, 6.07) is 4.33. The lowest BCUT2D eigenvalue weighted by atomic mass is 9.84. The van der Waals surface area contributed by atoms with Gasteiger partial charge in [0.1, 0.15) is 0 Å². The van der Waals surface area contributed by atoms with Crippen molar-refractivity contribution in [2.75, 3.05) is 40.3 Å². The minimum absolute atomic E-state index is 0.0202. The number of piperidine rings is 1. The van der Waals surface area contributed by atoms with E-state index in [1.807, 2.05) is 9.80 Å². The molecule has 142 valence electrons. The highest BCUT2D eigenvalue weighted by Gasteiger charge is 2.34. The second-order valence-corrected chi connectivity index (χ2v) is 7.03. The third-order valence-corrected chi connectivity index (χ3v) is 5.62. The summed E-state index contributed by atoms with van der Waals surface area (Å²) >= 11 is 0. The van der Waals surface area contributed by atoms with E-state index in [4.69, 9.17) is 4.74 Å². The molecule has 0 radical (unpaired) electrons. The Morgan fingerprint density at radius 2 is 1.77 bits per heavy atom. The number of likely N-dealkylation sites (tertiary alicyclic amines) is 2. The van der Waals surface area contributed by atoms with E-state index in [9.17, 15) is 14.0 Å². The molecule has 0 saturated carbocycles. The molecule has 1 aromatic carbocycles. The molecule has 0 aliphatic carbocycles. The lowest BCUT2D eigenvalue weighted by Crippen LogP contribution is -2.44. The van der Waals surface area contributed by atoms with Gasteiger partial charge in [-0.05, 0) is 49.3 Å². The maximum atomic E-state index is 13.9. The first kappa shape index (κ1) is 18.5. The molecule has 3 amide bonds. The molecule has 6 nitrogen and oxygen atoms in total. The zero-order chi connectivity index (χ0) is 18.7. The molecule has 0 bridgehead atoms. The number of urea groups is 1. The van der Waals surface area contributed by atoms with Crippen molar-refractivity contribution in [2.45, 2.75) is 19.3 Å². The predicted octanol–water partition coefficient (Wildman–Crippen LogP) is 2.35. The van der Waals surface area contributed by atoms with E-state index >= 15 is 0 Å². The summed E-state index contributed by atoms with van der Waals surface area (Å²) < 4.78 is 18.8. The van der Waals surface area contributed by atoms with Crippen molar-refractivity contribution in [3.63, 3.8) is 0 Å². The van der Waals surface area contributed by atoms with Crippen molar-refractivity contribution in [3.8, 4) is 5.75 Å². The second kappa shape index (κ2) is 7.93. The van der Waals surface area contributed by atoms with Crippen LogP contribution in [0.3, 0.4) is 0 Å². The zero-order valence-corrected chi connectivity index (χ0v) is 15.3. The summed E-state index contributed by atoms with van der Waals surface area (Å²) in [6.07, 6.45) is 2.91. The fourth-order valence-corrected chi connectivity index (χ4v) is 4.07. The van der Waals surface area contributed by atoms with Crippen LogP contribution in [0.2, 0.25) is 0 Å². The fourth-order valence-electron chi connectivity index (χ4n) is 4.07. The first-order chi connectivity index (χ1) is 12.5. The Bertz CT molecular complexity index is 674. The third kappa shape index (κ3) is 3.76. The van der Waals surface area contributed by atoms with Crippen LogP contribution in [0, 0.1) is 17.7 Å². The summed E-state index contributed by atoms with van der Waals surface area (Å²) in [6.45, 7) is 2.93. The summed E-state index contributed by atoms with van der Waals surface area (Å²) in [5, 5.41) is 2.67. The van der Waals surface area contributed by atoms with Gasteiger partial charge in [-0.3, -0.25) is 4.79 Å². The quantitative estimate of drug-likeness (QED) is 0.897. The Balaban J connectivity index is 1.56. The monoisotopic (exact) mass is 363 g/mol. The maximum absolute atomic E-state index is 13.9. The zero-order valence-electron chi connectivity index (χ0n) is 15.3. The highest BCUT2D eigenvalue weighted by Crippen LogP contribution is 2.32. The number of carbonyl (C=O) groups is 2. The Morgan fingerprint density at radius 1 is 1.12 bits per heavy atom. The van der Waals surface area contributed by atoms with Crippen molar-refractivity contribution in [2.24, 2.45) is 11.8 Å². The average molecular weight is 363 g/mol. The number of nitrogens with one attached hydrogen (secondary N) is 1. The molecule has 2 heterocycles. The van der Waals surface area contributed by atoms with Crippen LogP contribution in [0.4, 0.5) is 9.18 Å². The Kier molecular flexibility index (Phi) is 5.64. The number of carbonyl (C=O) groups excluding carboxylic acids is 2. The smallest absolute Gasteiger partial charge is 0.317 e.